The number of anilines is 1. The number of nitrogens with zero attached hydrogens (tertiary/aromatic N) is 5. The standard InChI is InChI=1S/C18H10F4N6OS/c19-12-4-1-10(2-5-12)15-17(30-9-24-15)25-16(29)13-8-28(27-26-13)14-6-3-11(7-23-14)18(20,21)22/h1-9H,(H,25,29). The van der Waals surface area contributed by atoms with E-state index in [1.54, 1.807) is 0 Å². The molecule has 0 saturated heterocycles. The maximum Gasteiger partial charge on any atom is 0.417 e. The molecule has 12 heteroatoms. The van der Waals surface area contributed by atoms with E-state index in [1.807, 2.05) is 0 Å². The van der Waals surface area contributed by atoms with Crippen molar-refractivity contribution >= 4 is 22.2 Å². The van der Waals surface area contributed by atoms with Gasteiger partial charge in [0.05, 0.1) is 17.3 Å². The number of amides is 1. The summed E-state index contributed by atoms with van der Waals surface area (Å²) in [5.74, 6) is -0.923. The van der Waals surface area contributed by atoms with Crippen LogP contribution in [0.1, 0.15) is 16.1 Å². The molecule has 4 rings (SSSR count). The molecule has 1 aromatic carbocycles. The highest BCUT2D eigenvalue weighted by Gasteiger charge is 2.30. The Morgan fingerprint density at radius 3 is 2.50 bits per heavy atom. The second-order valence-corrected chi connectivity index (χ2v) is 6.80. The molecule has 1 amide bonds. The van der Waals surface area contributed by atoms with Gasteiger partial charge in [0.1, 0.15) is 16.5 Å². The Morgan fingerprint density at radius 2 is 1.83 bits per heavy atom. The number of carbonyl (C=O) groups excluding carboxylic acids is 1. The third kappa shape index (κ3) is 4.03. The second kappa shape index (κ2) is 7.63. The van der Waals surface area contributed by atoms with Gasteiger partial charge < -0.3 is 5.32 Å². The summed E-state index contributed by atoms with van der Waals surface area (Å²) in [6.07, 6.45) is -2.59. The molecule has 0 atom stereocenters. The van der Waals surface area contributed by atoms with Gasteiger partial charge in [-0.15, -0.1) is 16.4 Å². The topological polar surface area (TPSA) is 85.6 Å². The van der Waals surface area contributed by atoms with Crippen LogP contribution in [0, 0.1) is 5.82 Å². The van der Waals surface area contributed by atoms with Gasteiger partial charge in [-0.3, -0.25) is 4.79 Å². The summed E-state index contributed by atoms with van der Waals surface area (Å²) >= 11 is 1.17. The van der Waals surface area contributed by atoms with E-state index < -0.39 is 23.5 Å². The molecule has 3 heterocycles. The number of rotatable bonds is 4. The predicted octanol–water partition coefficient (Wildman–Crippen LogP) is 4.20. The van der Waals surface area contributed by atoms with Crippen LogP contribution < -0.4 is 5.32 Å². The molecular weight excluding hydrogens is 424 g/mol. The van der Waals surface area contributed by atoms with Gasteiger partial charge in [0.15, 0.2) is 11.5 Å². The van der Waals surface area contributed by atoms with Gasteiger partial charge >= 0.3 is 6.18 Å². The number of hydrogen-bond donors (Lipinski definition) is 1. The van der Waals surface area contributed by atoms with E-state index in [4.69, 9.17) is 0 Å². The third-order valence-corrected chi connectivity index (χ3v) is 4.69. The SMILES string of the molecule is O=C(Nc1scnc1-c1ccc(F)cc1)c1cn(-c2ccc(C(F)(F)F)cn2)nn1. The number of aromatic nitrogens is 5. The van der Waals surface area contributed by atoms with E-state index >= 15 is 0 Å². The number of alkyl halides is 3. The number of halogens is 4. The quantitative estimate of drug-likeness (QED) is 0.487. The van der Waals surface area contributed by atoms with E-state index in [2.05, 4.69) is 25.6 Å². The van der Waals surface area contributed by atoms with Gasteiger partial charge in [-0.2, -0.15) is 13.2 Å². The van der Waals surface area contributed by atoms with Crippen molar-refractivity contribution in [3.8, 4) is 17.1 Å². The third-order valence-electron chi connectivity index (χ3n) is 3.95. The lowest BCUT2D eigenvalue weighted by molar-refractivity contribution is -0.137. The molecule has 30 heavy (non-hydrogen) atoms. The highest BCUT2D eigenvalue weighted by Crippen LogP contribution is 2.31. The van der Waals surface area contributed by atoms with E-state index in [9.17, 15) is 22.4 Å². The van der Waals surface area contributed by atoms with Crippen molar-refractivity contribution in [1.29, 1.82) is 0 Å². The first-order valence-corrected chi connectivity index (χ1v) is 9.16. The van der Waals surface area contributed by atoms with Crippen LogP contribution in [0.4, 0.5) is 22.6 Å². The van der Waals surface area contributed by atoms with Crippen LogP contribution in [-0.4, -0.2) is 30.9 Å². The van der Waals surface area contributed by atoms with Crippen LogP contribution in [-0.2, 0) is 6.18 Å². The van der Waals surface area contributed by atoms with E-state index in [-0.39, 0.29) is 11.5 Å². The molecule has 0 aliphatic heterocycles. The zero-order valence-corrected chi connectivity index (χ0v) is 15.6. The van der Waals surface area contributed by atoms with Crippen molar-refractivity contribution in [3.63, 3.8) is 0 Å². The van der Waals surface area contributed by atoms with Crippen molar-refractivity contribution in [2.45, 2.75) is 6.18 Å². The molecular formula is C18H10F4N6OS. The number of carbonyl (C=O) groups is 1. The second-order valence-electron chi connectivity index (χ2n) is 5.94. The summed E-state index contributed by atoms with van der Waals surface area (Å²) in [5, 5.41) is 10.5. The Kier molecular flexibility index (Phi) is 4.99. The molecule has 0 spiro atoms. The lowest BCUT2D eigenvalue weighted by Crippen LogP contribution is -2.12. The highest BCUT2D eigenvalue weighted by molar-refractivity contribution is 7.14. The van der Waals surface area contributed by atoms with Gasteiger partial charge in [-0.1, -0.05) is 5.21 Å². The van der Waals surface area contributed by atoms with Gasteiger partial charge in [0, 0.05) is 11.8 Å². The lowest BCUT2D eigenvalue weighted by Gasteiger charge is -2.06. The van der Waals surface area contributed by atoms with Gasteiger partial charge in [0.2, 0.25) is 0 Å². The minimum Gasteiger partial charge on any atom is -0.310 e. The number of thiazole rings is 1. The molecule has 4 aromatic rings. The monoisotopic (exact) mass is 434 g/mol. The highest BCUT2D eigenvalue weighted by atomic mass is 32.1. The largest absolute Gasteiger partial charge is 0.417 e. The Hall–Kier alpha value is -3.67. The normalized spacial score (nSPS) is 11.5. The number of hydrogen-bond acceptors (Lipinski definition) is 6. The molecule has 0 aliphatic rings. The molecule has 0 bridgehead atoms. The molecule has 0 aliphatic carbocycles. The maximum atomic E-state index is 13.1. The fraction of sp³-hybridized carbons (Fsp3) is 0.0556. The molecule has 0 unspecified atom stereocenters. The predicted molar refractivity (Wildman–Crippen MR) is 99.6 cm³/mol. The fourth-order valence-corrected chi connectivity index (χ4v) is 3.18. The summed E-state index contributed by atoms with van der Waals surface area (Å²) in [4.78, 5) is 20.4. The van der Waals surface area contributed by atoms with E-state index in [0.717, 1.165) is 16.8 Å². The first-order valence-electron chi connectivity index (χ1n) is 8.28. The first-order chi connectivity index (χ1) is 14.3. The first kappa shape index (κ1) is 19.6. The Balaban J connectivity index is 1.52. The summed E-state index contributed by atoms with van der Waals surface area (Å²) in [7, 11) is 0. The number of pyridine rings is 1. The van der Waals surface area contributed by atoms with E-state index in [1.165, 1.54) is 47.3 Å². The summed E-state index contributed by atoms with van der Waals surface area (Å²) in [6.45, 7) is 0. The van der Waals surface area contributed by atoms with Crippen LogP contribution in [0.25, 0.3) is 17.1 Å². The zero-order valence-electron chi connectivity index (χ0n) is 14.8. The van der Waals surface area contributed by atoms with Crippen molar-refractivity contribution in [3.05, 3.63) is 71.4 Å². The Bertz CT molecular complexity index is 1180. The maximum absolute atomic E-state index is 13.1. The van der Waals surface area contributed by atoms with Gasteiger partial charge in [-0.05, 0) is 36.4 Å². The van der Waals surface area contributed by atoms with Crippen LogP contribution >= 0.6 is 11.3 Å². The fourth-order valence-electron chi connectivity index (χ4n) is 2.48. The average molecular weight is 434 g/mol. The molecule has 7 nitrogen and oxygen atoms in total. The molecule has 3 aromatic heterocycles. The van der Waals surface area contributed by atoms with Crippen molar-refractivity contribution in [2.75, 3.05) is 5.32 Å². The average Bonchev–Trinajstić information content (AvgIpc) is 3.38. The minimum absolute atomic E-state index is 0.0688. The number of nitrogens with one attached hydrogen (secondary N) is 1. The van der Waals surface area contributed by atoms with Gasteiger partial charge in [-0.25, -0.2) is 19.0 Å². The molecule has 0 saturated carbocycles. The van der Waals surface area contributed by atoms with Crippen LogP contribution in [0.2, 0.25) is 0 Å². The molecule has 0 fully saturated rings. The van der Waals surface area contributed by atoms with Crippen LogP contribution in [0.5, 0.6) is 0 Å². The molecule has 0 radical (unpaired) electrons. The summed E-state index contributed by atoms with van der Waals surface area (Å²) in [6, 6.07) is 7.61. The van der Waals surface area contributed by atoms with Crippen molar-refractivity contribution in [2.24, 2.45) is 0 Å². The lowest BCUT2D eigenvalue weighted by atomic mass is 10.1. The smallest absolute Gasteiger partial charge is 0.310 e. The van der Waals surface area contributed by atoms with Crippen molar-refractivity contribution in [1.82, 2.24) is 25.0 Å². The van der Waals surface area contributed by atoms with Gasteiger partial charge in [0.25, 0.3) is 5.91 Å². The van der Waals surface area contributed by atoms with E-state index in [0.29, 0.717) is 22.5 Å². The summed E-state index contributed by atoms with van der Waals surface area (Å²) < 4.78 is 52.1. The van der Waals surface area contributed by atoms with Crippen molar-refractivity contribution < 1.29 is 22.4 Å². The molecule has 1 N–H and O–H groups in total. The molecule has 152 valence electrons. The van der Waals surface area contributed by atoms with Crippen LogP contribution in [0.3, 0.4) is 0 Å². The summed E-state index contributed by atoms with van der Waals surface area (Å²) in [5.41, 5.74) is 1.63. The number of benzene rings is 1. The zero-order chi connectivity index (χ0) is 21.3. The minimum atomic E-state index is -4.50. The Morgan fingerprint density at radius 1 is 1.07 bits per heavy atom. The Labute approximate surface area is 170 Å². The van der Waals surface area contributed by atoms with Crippen LogP contribution in [0.15, 0.2) is 54.3 Å².